The summed E-state index contributed by atoms with van der Waals surface area (Å²) >= 11 is 1.49. The fourth-order valence-electron chi connectivity index (χ4n) is 3.36. The number of carbonyl (C=O) groups excluding carboxylic acids is 2. The molecule has 1 fully saturated rings. The van der Waals surface area contributed by atoms with E-state index in [2.05, 4.69) is 10.6 Å². The SMILES string of the molecule is CC(C(=O)O)c1cccc(NC(=O)NCC(=O)N2C(C)CSC2c2ccccc2F)c1. The van der Waals surface area contributed by atoms with E-state index in [1.165, 1.54) is 17.8 Å². The Morgan fingerprint density at radius 3 is 2.68 bits per heavy atom. The number of hydrogen-bond acceptors (Lipinski definition) is 4. The maximum atomic E-state index is 14.2. The van der Waals surface area contributed by atoms with Crippen LogP contribution < -0.4 is 10.6 Å². The van der Waals surface area contributed by atoms with Gasteiger partial charge in [-0.15, -0.1) is 11.8 Å². The van der Waals surface area contributed by atoms with Gasteiger partial charge in [0.2, 0.25) is 5.91 Å². The molecule has 1 heterocycles. The first-order chi connectivity index (χ1) is 14.8. The van der Waals surface area contributed by atoms with Gasteiger partial charge >= 0.3 is 12.0 Å². The average molecular weight is 446 g/mol. The molecule has 2 aromatic carbocycles. The first kappa shape index (κ1) is 22.6. The molecular weight excluding hydrogens is 421 g/mol. The van der Waals surface area contributed by atoms with Crippen molar-refractivity contribution in [3.05, 3.63) is 65.5 Å². The molecule has 3 rings (SSSR count). The molecule has 0 radical (unpaired) electrons. The Bertz CT molecular complexity index is 987. The van der Waals surface area contributed by atoms with Crippen LogP contribution in [0.15, 0.2) is 48.5 Å². The van der Waals surface area contributed by atoms with Gasteiger partial charge in [-0.2, -0.15) is 0 Å². The molecule has 3 N–H and O–H groups in total. The summed E-state index contributed by atoms with van der Waals surface area (Å²) in [5.41, 5.74) is 1.42. The summed E-state index contributed by atoms with van der Waals surface area (Å²) in [6, 6.07) is 12.2. The topological polar surface area (TPSA) is 98.7 Å². The molecule has 164 valence electrons. The standard InChI is InChI=1S/C22H24FN3O4S/c1-13-12-31-20(17-8-3-4-9-18(17)23)26(13)19(27)11-24-22(30)25-16-7-5-6-15(10-16)14(2)21(28)29/h3-10,13-14,20H,11-12H2,1-2H3,(H,28,29)(H2,24,25,30). The van der Waals surface area contributed by atoms with E-state index in [1.807, 2.05) is 6.92 Å². The van der Waals surface area contributed by atoms with Crippen molar-refractivity contribution in [3.8, 4) is 0 Å². The lowest BCUT2D eigenvalue weighted by Crippen LogP contribution is -2.44. The number of urea groups is 1. The van der Waals surface area contributed by atoms with Gasteiger partial charge in [0.15, 0.2) is 0 Å². The molecule has 9 heteroatoms. The van der Waals surface area contributed by atoms with Gasteiger partial charge < -0.3 is 20.6 Å². The first-order valence-electron chi connectivity index (χ1n) is 9.82. The second-order valence-corrected chi connectivity index (χ2v) is 8.46. The summed E-state index contributed by atoms with van der Waals surface area (Å²) in [5, 5.41) is 13.8. The van der Waals surface area contributed by atoms with Crippen molar-refractivity contribution in [2.24, 2.45) is 0 Å². The molecule has 0 aromatic heterocycles. The van der Waals surface area contributed by atoms with Crippen molar-refractivity contribution in [1.82, 2.24) is 10.2 Å². The van der Waals surface area contributed by atoms with Gasteiger partial charge in [0.25, 0.3) is 0 Å². The van der Waals surface area contributed by atoms with Crippen molar-refractivity contribution >= 4 is 35.4 Å². The average Bonchev–Trinajstić information content (AvgIpc) is 3.13. The number of anilines is 1. The predicted molar refractivity (Wildman–Crippen MR) is 117 cm³/mol. The van der Waals surface area contributed by atoms with Crippen LogP contribution in [0.3, 0.4) is 0 Å². The van der Waals surface area contributed by atoms with Crippen molar-refractivity contribution < 1.29 is 23.9 Å². The van der Waals surface area contributed by atoms with E-state index in [9.17, 15) is 18.8 Å². The number of halogens is 1. The van der Waals surface area contributed by atoms with Gasteiger partial charge in [0.05, 0.1) is 12.5 Å². The van der Waals surface area contributed by atoms with E-state index in [-0.39, 0.29) is 24.3 Å². The molecule has 1 aliphatic heterocycles. The van der Waals surface area contributed by atoms with Crippen molar-refractivity contribution in [2.75, 3.05) is 17.6 Å². The number of nitrogens with one attached hydrogen (secondary N) is 2. The Hall–Kier alpha value is -3.07. The minimum atomic E-state index is -0.964. The lowest BCUT2D eigenvalue weighted by atomic mass is 10.0. The van der Waals surface area contributed by atoms with Gasteiger partial charge in [0, 0.05) is 23.0 Å². The van der Waals surface area contributed by atoms with Gasteiger partial charge in [-0.25, -0.2) is 9.18 Å². The normalized spacial score (nSPS) is 19.0. The third-order valence-electron chi connectivity index (χ3n) is 5.10. The van der Waals surface area contributed by atoms with Crippen LogP contribution in [0.4, 0.5) is 14.9 Å². The van der Waals surface area contributed by atoms with E-state index in [1.54, 1.807) is 54.3 Å². The number of carboxylic acid groups (broad SMARTS) is 1. The van der Waals surface area contributed by atoms with Crippen molar-refractivity contribution in [1.29, 1.82) is 0 Å². The summed E-state index contributed by atoms with van der Waals surface area (Å²) in [4.78, 5) is 37.8. The number of thioether (sulfide) groups is 1. The largest absolute Gasteiger partial charge is 0.481 e. The fourth-order valence-corrected chi connectivity index (χ4v) is 4.84. The van der Waals surface area contributed by atoms with Gasteiger partial charge in [-0.05, 0) is 37.6 Å². The minimum Gasteiger partial charge on any atom is -0.481 e. The summed E-state index contributed by atoms with van der Waals surface area (Å²) < 4.78 is 14.2. The number of rotatable bonds is 6. The van der Waals surface area contributed by atoms with Crippen LogP contribution in [0.1, 0.15) is 36.3 Å². The summed E-state index contributed by atoms with van der Waals surface area (Å²) in [5.74, 6) is -1.68. The van der Waals surface area contributed by atoms with Crippen LogP contribution in [0.2, 0.25) is 0 Å². The first-order valence-corrected chi connectivity index (χ1v) is 10.9. The Morgan fingerprint density at radius 1 is 1.23 bits per heavy atom. The molecule has 0 saturated carbocycles. The number of nitrogens with zero attached hydrogens (tertiary/aromatic N) is 1. The molecule has 0 spiro atoms. The highest BCUT2D eigenvalue weighted by molar-refractivity contribution is 7.99. The van der Waals surface area contributed by atoms with Crippen LogP contribution in [0, 0.1) is 5.82 Å². The van der Waals surface area contributed by atoms with Gasteiger partial charge in [-0.1, -0.05) is 30.3 Å². The van der Waals surface area contributed by atoms with E-state index in [0.29, 0.717) is 22.6 Å². The van der Waals surface area contributed by atoms with Gasteiger partial charge in [-0.3, -0.25) is 9.59 Å². The van der Waals surface area contributed by atoms with E-state index >= 15 is 0 Å². The molecule has 3 unspecified atom stereocenters. The minimum absolute atomic E-state index is 0.0962. The summed E-state index contributed by atoms with van der Waals surface area (Å²) in [7, 11) is 0. The van der Waals surface area contributed by atoms with Crippen LogP contribution in [-0.2, 0) is 9.59 Å². The van der Waals surface area contributed by atoms with E-state index in [0.717, 1.165) is 0 Å². The quantitative estimate of drug-likeness (QED) is 0.628. The highest BCUT2D eigenvalue weighted by Gasteiger charge is 2.37. The number of amides is 3. The predicted octanol–water partition coefficient (Wildman–Crippen LogP) is 3.80. The molecule has 31 heavy (non-hydrogen) atoms. The molecule has 3 amide bonds. The Morgan fingerprint density at radius 2 is 1.97 bits per heavy atom. The lowest BCUT2D eigenvalue weighted by molar-refractivity contribution is -0.138. The molecule has 1 aliphatic rings. The number of carboxylic acids is 1. The highest BCUT2D eigenvalue weighted by atomic mass is 32.2. The summed E-state index contributed by atoms with van der Waals surface area (Å²) in [6.45, 7) is 3.20. The highest BCUT2D eigenvalue weighted by Crippen LogP contribution is 2.41. The van der Waals surface area contributed by atoms with Crippen molar-refractivity contribution in [2.45, 2.75) is 31.2 Å². The third kappa shape index (κ3) is 5.35. The smallest absolute Gasteiger partial charge is 0.319 e. The van der Waals surface area contributed by atoms with Gasteiger partial charge in [0.1, 0.15) is 11.2 Å². The van der Waals surface area contributed by atoms with Crippen molar-refractivity contribution in [3.63, 3.8) is 0 Å². The zero-order chi connectivity index (χ0) is 22.5. The Balaban J connectivity index is 1.61. The molecular formula is C22H24FN3O4S. The van der Waals surface area contributed by atoms with Crippen LogP contribution in [-0.4, -0.2) is 46.3 Å². The molecule has 1 saturated heterocycles. The van der Waals surface area contributed by atoms with Crippen LogP contribution in [0.5, 0.6) is 0 Å². The Labute approximate surface area is 184 Å². The maximum absolute atomic E-state index is 14.2. The number of carbonyl (C=O) groups is 3. The molecule has 3 atom stereocenters. The zero-order valence-electron chi connectivity index (χ0n) is 17.2. The molecule has 0 bridgehead atoms. The third-order valence-corrected chi connectivity index (χ3v) is 6.57. The molecule has 7 nitrogen and oxygen atoms in total. The number of hydrogen-bond donors (Lipinski definition) is 3. The second-order valence-electron chi connectivity index (χ2n) is 7.35. The lowest BCUT2D eigenvalue weighted by Gasteiger charge is -2.28. The zero-order valence-corrected chi connectivity index (χ0v) is 18.0. The Kier molecular flexibility index (Phi) is 7.17. The van der Waals surface area contributed by atoms with Crippen LogP contribution >= 0.6 is 11.8 Å². The van der Waals surface area contributed by atoms with E-state index in [4.69, 9.17) is 5.11 Å². The number of aliphatic carboxylic acids is 1. The monoisotopic (exact) mass is 445 g/mol. The summed E-state index contributed by atoms with van der Waals surface area (Å²) in [6.07, 6.45) is 0. The van der Waals surface area contributed by atoms with E-state index < -0.39 is 23.3 Å². The molecule has 2 aromatic rings. The van der Waals surface area contributed by atoms with Crippen LogP contribution in [0.25, 0.3) is 0 Å². The fraction of sp³-hybridized carbons (Fsp3) is 0.318. The molecule has 0 aliphatic carbocycles. The maximum Gasteiger partial charge on any atom is 0.319 e. The second kappa shape index (κ2) is 9.82. The number of benzene rings is 2.